The van der Waals surface area contributed by atoms with E-state index in [4.69, 9.17) is 11.5 Å². The zero-order chi connectivity index (χ0) is 6.69. The molecule has 3 N–H and O–H groups in total. The Morgan fingerprint density at radius 1 is 1.22 bits per heavy atom. The summed E-state index contributed by atoms with van der Waals surface area (Å²) in [6, 6.07) is 7.35. The molecule has 48 valence electrons. The molecule has 0 fully saturated rings. The molecule has 2 heteroatoms. The Morgan fingerprint density at radius 2 is 1.78 bits per heavy atom. The van der Waals surface area contributed by atoms with Crippen LogP contribution in [0.5, 0.6) is 0 Å². The van der Waals surface area contributed by atoms with E-state index >= 15 is 0 Å². The summed E-state index contributed by atoms with van der Waals surface area (Å²) in [6.07, 6.45) is 0. The van der Waals surface area contributed by atoms with E-state index in [1.807, 2.05) is 24.3 Å². The molecule has 0 aliphatic rings. The Balaban J connectivity index is 2.88. The number of nitrogen functional groups attached to an aromatic ring is 1. The summed E-state index contributed by atoms with van der Waals surface area (Å²) < 4.78 is 0. The molecule has 0 unspecified atom stereocenters. The lowest BCUT2D eigenvalue weighted by Crippen LogP contribution is -1.84. The van der Waals surface area contributed by atoms with Gasteiger partial charge in [0.1, 0.15) is 0 Å². The van der Waals surface area contributed by atoms with Crippen LogP contribution in [0.1, 0.15) is 5.56 Å². The number of anilines is 1. The average Bonchev–Trinajstić information content (AvgIpc) is 1.90. The van der Waals surface area contributed by atoms with Crippen molar-refractivity contribution in [3.05, 3.63) is 35.6 Å². The van der Waals surface area contributed by atoms with E-state index in [2.05, 4.69) is 0 Å². The molecule has 0 aliphatic carbocycles. The first-order valence-corrected chi connectivity index (χ1v) is 2.82. The molecule has 0 heterocycles. The van der Waals surface area contributed by atoms with Gasteiger partial charge in [0.15, 0.2) is 0 Å². The minimum Gasteiger partial charge on any atom is -0.674 e. The second-order valence-corrected chi connectivity index (χ2v) is 1.92. The van der Waals surface area contributed by atoms with Crippen LogP contribution in [0.4, 0.5) is 5.69 Å². The second-order valence-electron chi connectivity index (χ2n) is 1.92. The molecule has 1 aromatic carbocycles. The summed E-state index contributed by atoms with van der Waals surface area (Å²) >= 11 is 0. The summed E-state index contributed by atoms with van der Waals surface area (Å²) in [5.74, 6) is 0. The Bertz CT molecular complexity index is 179. The summed E-state index contributed by atoms with van der Waals surface area (Å²) in [5, 5.41) is 0. The first-order chi connectivity index (χ1) is 4.33. The summed E-state index contributed by atoms with van der Waals surface area (Å²) in [7, 11) is 0. The first-order valence-electron chi connectivity index (χ1n) is 2.82. The van der Waals surface area contributed by atoms with E-state index in [0.29, 0.717) is 6.54 Å². The normalized spacial score (nSPS) is 9.44. The number of nitrogens with one attached hydrogen (secondary N) is 1. The largest absolute Gasteiger partial charge is 0.674 e. The van der Waals surface area contributed by atoms with E-state index in [0.717, 1.165) is 11.3 Å². The molecule has 0 atom stereocenters. The maximum Gasteiger partial charge on any atom is 0.0314 e. The maximum atomic E-state index is 6.97. The van der Waals surface area contributed by atoms with Gasteiger partial charge in [-0.15, -0.1) is 6.54 Å². The zero-order valence-corrected chi connectivity index (χ0v) is 5.09. The minimum absolute atomic E-state index is 0.334. The van der Waals surface area contributed by atoms with Crippen LogP contribution in [0.3, 0.4) is 0 Å². The number of hydrogen-bond acceptors (Lipinski definition) is 1. The monoisotopic (exact) mass is 121 g/mol. The van der Waals surface area contributed by atoms with Gasteiger partial charge in [-0.1, -0.05) is 17.7 Å². The lowest BCUT2D eigenvalue weighted by molar-refractivity contribution is 1.29. The summed E-state index contributed by atoms with van der Waals surface area (Å²) in [4.78, 5) is 0. The molecule has 0 saturated carbocycles. The van der Waals surface area contributed by atoms with Crippen molar-refractivity contribution in [3.63, 3.8) is 0 Å². The summed E-state index contributed by atoms with van der Waals surface area (Å²) in [6.45, 7) is 0.334. The van der Waals surface area contributed by atoms with Crippen LogP contribution in [-0.2, 0) is 6.54 Å². The van der Waals surface area contributed by atoms with Crippen LogP contribution >= 0.6 is 0 Å². The quantitative estimate of drug-likeness (QED) is 0.566. The Morgan fingerprint density at radius 3 is 2.22 bits per heavy atom. The van der Waals surface area contributed by atoms with Crippen LogP contribution in [0.15, 0.2) is 24.3 Å². The topological polar surface area (TPSA) is 49.8 Å². The van der Waals surface area contributed by atoms with Gasteiger partial charge in [-0.05, 0) is 12.1 Å². The molecule has 1 rings (SSSR count). The summed E-state index contributed by atoms with van der Waals surface area (Å²) in [5.41, 5.74) is 14.2. The molecule has 9 heavy (non-hydrogen) atoms. The van der Waals surface area contributed by atoms with E-state index in [1.54, 1.807) is 0 Å². The van der Waals surface area contributed by atoms with E-state index in [-0.39, 0.29) is 0 Å². The first kappa shape index (κ1) is 6.11. The molecule has 0 spiro atoms. The number of benzene rings is 1. The molecule has 0 aromatic heterocycles. The fourth-order valence-corrected chi connectivity index (χ4v) is 0.635. The van der Waals surface area contributed by atoms with Crippen molar-refractivity contribution in [1.29, 1.82) is 0 Å². The number of rotatable bonds is 1. The maximum absolute atomic E-state index is 6.97. The lowest BCUT2D eigenvalue weighted by atomic mass is 10.2. The van der Waals surface area contributed by atoms with Gasteiger partial charge in [0.05, 0.1) is 0 Å². The van der Waals surface area contributed by atoms with Crippen LogP contribution in [0.25, 0.3) is 5.73 Å². The molecule has 0 radical (unpaired) electrons. The van der Waals surface area contributed by atoms with Gasteiger partial charge < -0.3 is 11.5 Å². The van der Waals surface area contributed by atoms with Gasteiger partial charge in [-0.25, -0.2) is 0 Å². The molecular weight excluding hydrogens is 112 g/mol. The second kappa shape index (κ2) is 2.51. The number of hydrogen-bond donors (Lipinski definition) is 1. The highest BCUT2D eigenvalue weighted by molar-refractivity contribution is 5.39. The fraction of sp³-hybridized carbons (Fsp3) is 0.143. The average molecular weight is 121 g/mol. The molecule has 1 aromatic rings. The van der Waals surface area contributed by atoms with E-state index in [9.17, 15) is 0 Å². The molecule has 0 amide bonds. The Kier molecular flexibility index (Phi) is 1.70. The molecular formula is C7H9N2-. The SMILES string of the molecule is [NH-]Cc1ccc(N)cc1. The highest BCUT2D eigenvalue weighted by Gasteiger charge is 1.82. The lowest BCUT2D eigenvalue weighted by Gasteiger charge is -2.00. The van der Waals surface area contributed by atoms with Crippen LogP contribution in [-0.4, -0.2) is 0 Å². The van der Waals surface area contributed by atoms with Gasteiger partial charge in [0.25, 0.3) is 0 Å². The molecule has 0 aliphatic heterocycles. The fourth-order valence-electron chi connectivity index (χ4n) is 0.635. The van der Waals surface area contributed by atoms with Crippen molar-refractivity contribution < 1.29 is 0 Å². The Labute approximate surface area is 54.5 Å². The van der Waals surface area contributed by atoms with E-state index in [1.165, 1.54) is 0 Å². The molecule has 2 nitrogen and oxygen atoms in total. The molecule has 0 saturated heterocycles. The standard InChI is InChI=1S/C7H9N2/c8-5-6-1-3-7(9)4-2-6/h1-4,8H,5,9H2/q-1. The van der Waals surface area contributed by atoms with Gasteiger partial charge >= 0.3 is 0 Å². The van der Waals surface area contributed by atoms with Crippen molar-refractivity contribution in [2.24, 2.45) is 0 Å². The third kappa shape index (κ3) is 1.44. The van der Waals surface area contributed by atoms with Crippen molar-refractivity contribution in [2.75, 3.05) is 5.73 Å². The third-order valence-corrected chi connectivity index (χ3v) is 1.18. The smallest absolute Gasteiger partial charge is 0.0314 e. The predicted octanol–water partition coefficient (Wildman–Crippen LogP) is 1.82. The van der Waals surface area contributed by atoms with Crippen LogP contribution in [0.2, 0.25) is 0 Å². The Hall–Kier alpha value is -1.02. The van der Waals surface area contributed by atoms with Crippen LogP contribution < -0.4 is 5.73 Å². The minimum atomic E-state index is 0.334. The van der Waals surface area contributed by atoms with Gasteiger partial charge in [-0.2, -0.15) is 0 Å². The van der Waals surface area contributed by atoms with Gasteiger partial charge in [-0.3, -0.25) is 0 Å². The highest BCUT2D eigenvalue weighted by Crippen LogP contribution is 2.05. The van der Waals surface area contributed by atoms with Gasteiger partial charge in [0, 0.05) is 5.69 Å². The zero-order valence-electron chi connectivity index (χ0n) is 5.09. The highest BCUT2D eigenvalue weighted by atomic mass is 14.5. The molecule has 0 bridgehead atoms. The third-order valence-electron chi connectivity index (χ3n) is 1.18. The van der Waals surface area contributed by atoms with Crippen molar-refractivity contribution >= 4 is 5.69 Å². The van der Waals surface area contributed by atoms with Gasteiger partial charge in [0.2, 0.25) is 0 Å². The number of nitrogens with two attached hydrogens (primary N) is 1. The van der Waals surface area contributed by atoms with E-state index < -0.39 is 0 Å². The van der Waals surface area contributed by atoms with Crippen molar-refractivity contribution in [3.8, 4) is 0 Å². The van der Waals surface area contributed by atoms with Crippen molar-refractivity contribution in [2.45, 2.75) is 6.54 Å². The van der Waals surface area contributed by atoms with Crippen LogP contribution in [0, 0.1) is 0 Å². The predicted molar refractivity (Wildman–Crippen MR) is 38.9 cm³/mol. The van der Waals surface area contributed by atoms with Crippen molar-refractivity contribution in [1.82, 2.24) is 0 Å².